The van der Waals surface area contributed by atoms with Crippen LogP contribution >= 0.6 is 22.6 Å². The van der Waals surface area contributed by atoms with E-state index in [1.54, 1.807) is 0 Å². The fourth-order valence-corrected chi connectivity index (χ4v) is 1.85. The Morgan fingerprint density at radius 2 is 1.80 bits per heavy atom. The van der Waals surface area contributed by atoms with Gasteiger partial charge in [0.15, 0.2) is 0 Å². The molecule has 0 spiro atoms. The summed E-state index contributed by atoms with van der Waals surface area (Å²) >= 11 is 2.41. The summed E-state index contributed by atoms with van der Waals surface area (Å²) in [5, 5.41) is 0. The molecule has 2 heteroatoms. The highest BCUT2D eigenvalue weighted by Gasteiger charge is 2.08. The molecule has 0 nitrogen and oxygen atoms in total. The van der Waals surface area contributed by atoms with E-state index in [2.05, 4.69) is 54.4 Å². The second kappa shape index (κ2) is 5.35. The van der Waals surface area contributed by atoms with E-state index in [0.29, 0.717) is 0 Å². The molecule has 0 saturated carbocycles. The Morgan fingerprint density at radius 1 is 1.20 bits per heavy atom. The third-order valence-electron chi connectivity index (χ3n) is 1.17. The molecule has 0 aromatic heterocycles. The Balaban J connectivity index is 3.34. The Labute approximate surface area is 79.2 Å². The van der Waals surface area contributed by atoms with E-state index in [-0.39, 0.29) is 0 Å². The van der Waals surface area contributed by atoms with E-state index in [0.717, 1.165) is 0 Å². The quantitative estimate of drug-likeness (QED) is 0.315. The first-order valence-corrected chi connectivity index (χ1v) is 9.00. The summed E-state index contributed by atoms with van der Waals surface area (Å²) < 4.78 is 1.25. The minimum absolute atomic E-state index is 0.796. The molecule has 10 heavy (non-hydrogen) atoms. The van der Waals surface area contributed by atoms with Crippen LogP contribution in [0.5, 0.6) is 0 Å². The van der Waals surface area contributed by atoms with Crippen LogP contribution in [0.3, 0.4) is 0 Å². The van der Waals surface area contributed by atoms with Gasteiger partial charge in [0.25, 0.3) is 0 Å². The van der Waals surface area contributed by atoms with E-state index >= 15 is 0 Å². The summed E-state index contributed by atoms with van der Waals surface area (Å²) in [4.78, 5) is 0. The topological polar surface area (TPSA) is 0 Å². The molecule has 0 aromatic carbocycles. The maximum absolute atomic E-state index is 2.41. The van der Waals surface area contributed by atoms with Crippen LogP contribution in [0.15, 0.2) is 12.2 Å². The van der Waals surface area contributed by atoms with Crippen LogP contribution < -0.4 is 0 Å². The second-order valence-corrected chi connectivity index (χ2v) is 10.3. The van der Waals surface area contributed by atoms with Gasteiger partial charge in [-0.1, -0.05) is 54.4 Å². The zero-order valence-electron chi connectivity index (χ0n) is 7.15. The highest BCUT2D eigenvalue weighted by atomic mass is 127. The van der Waals surface area contributed by atoms with Crippen LogP contribution in [-0.2, 0) is 0 Å². The van der Waals surface area contributed by atoms with Crippen LogP contribution in [0.4, 0.5) is 0 Å². The lowest BCUT2D eigenvalue weighted by atomic mass is 10.4. The molecule has 0 saturated heterocycles. The van der Waals surface area contributed by atoms with E-state index < -0.39 is 8.07 Å². The average Bonchev–Trinajstić information content (AvgIpc) is 1.78. The second-order valence-electron chi connectivity index (χ2n) is 3.71. The third kappa shape index (κ3) is 8.69. The van der Waals surface area contributed by atoms with Gasteiger partial charge in [-0.3, -0.25) is 0 Å². The van der Waals surface area contributed by atoms with Crippen LogP contribution in [0.25, 0.3) is 0 Å². The normalized spacial score (nSPS) is 12.8. The van der Waals surface area contributed by atoms with Crippen molar-refractivity contribution in [3.8, 4) is 0 Å². The van der Waals surface area contributed by atoms with E-state index in [4.69, 9.17) is 0 Å². The molecule has 0 aliphatic heterocycles. The molecule has 0 fully saturated rings. The van der Waals surface area contributed by atoms with Crippen LogP contribution in [-0.4, -0.2) is 12.5 Å². The number of halogens is 1. The molecule has 60 valence electrons. The lowest BCUT2D eigenvalue weighted by Gasteiger charge is -2.11. The van der Waals surface area contributed by atoms with Crippen LogP contribution in [0.2, 0.25) is 25.7 Å². The Hall–Kier alpha value is 0.687. The first kappa shape index (κ1) is 10.7. The van der Waals surface area contributed by atoms with Crippen molar-refractivity contribution >= 4 is 30.7 Å². The van der Waals surface area contributed by atoms with Crippen molar-refractivity contribution in [3.63, 3.8) is 0 Å². The zero-order chi connectivity index (χ0) is 8.04. The van der Waals surface area contributed by atoms with Gasteiger partial charge in [0.2, 0.25) is 0 Å². The molecule has 0 atom stereocenters. The van der Waals surface area contributed by atoms with Crippen molar-refractivity contribution in [1.29, 1.82) is 0 Å². The van der Waals surface area contributed by atoms with E-state index in [1.807, 2.05) is 0 Å². The summed E-state index contributed by atoms with van der Waals surface area (Å²) in [6, 6.07) is 1.34. The zero-order valence-corrected chi connectivity index (χ0v) is 10.3. The van der Waals surface area contributed by atoms with Gasteiger partial charge in [-0.25, -0.2) is 0 Å². The monoisotopic (exact) mass is 268 g/mol. The van der Waals surface area contributed by atoms with E-state index in [9.17, 15) is 0 Å². The van der Waals surface area contributed by atoms with Crippen LogP contribution in [0, 0.1) is 0 Å². The molecule has 0 bridgehead atoms. The molecule has 0 amide bonds. The largest absolute Gasteiger partial charge is 0.0912 e. The Bertz CT molecular complexity index is 102. The van der Waals surface area contributed by atoms with Crippen LogP contribution in [0.1, 0.15) is 6.42 Å². The summed E-state index contributed by atoms with van der Waals surface area (Å²) in [6.07, 6.45) is 5.90. The van der Waals surface area contributed by atoms with Crippen molar-refractivity contribution < 1.29 is 0 Å². The number of alkyl halides is 1. The molecule has 0 unspecified atom stereocenters. The molecular formula is C8H17ISi. The number of hydrogen-bond acceptors (Lipinski definition) is 0. The molecule has 0 aliphatic rings. The lowest BCUT2D eigenvalue weighted by Crippen LogP contribution is -2.17. The average molecular weight is 268 g/mol. The number of allylic oxidation sites excluding steroid dienone is 2. The van der Waals surface area contributed by atoms with Crippen molar-refractivity contribution in [2.24, 2.45) is 0 Å². The lowest BCUT2D eigenvalue weighted by molar-refractivity contribution is 1.26. The fraction of sp³-hybridized carbons (Fsp3) is 0.750. The van der Waals surface area contributed by atoms with Gasteiger partial charge in [-0.2, -0.15) is 0 Å². The molecular weight excluding hydrogens is 251 g/mol. The van der Waals surface area contributed by atoms with Gasteiger partial charge >= 0.3 is 0 Å². The SMILES string of the molecule is C[Si](C)(C)CC=CCCI. The predicted octanol–water partition coefficient (Wildman–Crippen LogP) is 3.71. The van der Waals surface area contributed by atoms with Crippen molar-refractivity contribution in [2.75, 3.05) is 4.43 Å². The standard InChI is InChI=1S/C8H17ISi/c1-10(2,3)8-6-4-5-7-9/h4,6H,5,7-8H2,1-3H3. The summed E-state index contributed by atoms with van der Waals surface area (Å²) in [6.45, 7) is 7.21. The number of hydrogen-bond donors (Lipinski definition) is 0. The third-order valence-corrected chi connectivity index (χ3v) is 3.26. The highest BCUT2D eigenvalue weighted by Crippen LogP contribution is 2.08. The van der Waals surface area contributed by atoms with Gasteiger partial charge in [0, 0.05) is 12.5 Å². The van der Waals surface area contributed by atoms with Crippen molar-refractivity contribution in [3.05, 3.63) is 12.2 Å². The molecule has 0 N–H and O–H groups in total. The molecule has 0 rings (SSSR count). The highest BCUT2D eigenvalue weighted by molar-refractivity contribution is 14.1. The van der Waals surface area contributed by atoms with Gasteiger partial charge < -0.3 is 0 Å². The minimum Gasteiger partial charge on any atom is -0.0912 e. The summed E-state index contributed by atoms with van der Waals surface area (Å²) in [5.41, 5.74) is 0. The van der Waals surface area contributed by atoms with Gasteiger partial charge in [-0.05, 0) is 12.5 Å². The Morgan fingerprint density at radius 3 is 2.20 bits per heavy atom. The first-order chi connectivity index (χ1) is 4.56. The number of rotatable bonds is 4. The molecule has 0 radical (unpaired) electrons. The Kier molecular flexibility index (Phi) is 5.72. The predicted molar refractivity (Wildman–Crippen MR) is 60.8 cm³/mol. The van der Waals surface area contributed by atoms with Gasteiger partial charge in [0.05, 0.1) is 0 Å². The van der Waals surface area contributed by atoms with Gasteiger partial charge in [-0.15, -0.1) is 0 Å². The minimum atomic E-state index is -0.796. The first-order valence-electron chi connectivity index (χ1n) is 3.77. The van der Waals surface area contributed by atoms with E-state index in [1.165, 1.54) is 16.9 Å². The summed E-state index contributed by atoms with van der Waals surface area (Å²) in [7, 11) is -0.796. The summed E-state index contributed by atoms with van der Waals surface area (Å²) in [5.74, 6) is 0. The molecule has 0 aromatic rings. The maximum Gasteiger partial charge on any atom is 0.0480 e. The smallest absolute Gasteiger partial charge is 0.0480 e. The van der Waals surface area contributed by atoms with Gasteiger partial charge in [0.1, 0.15) is 0 Å². The van der Waals surface area contributed by atoms with Crippen molar-refractivity contribution in [1.82, 2.24) is 0 Å². The molecule has 0 heterocycles. The maximum atomic E-state index is 2.41. The fourth-order valence-electron chi connectivity index (χ4n) is 0.618. The van der Waals surface area contributed by atoms with Crippen molar-refractivity contribution in [2.45, 2.75) is 32.1 Å². The molecule has 0 aliphatic carbocycles.